The molecule has 3 rings (SSSR count). The van der Waals surface area contributed by atoms with Crippen molar-refractivity contribution in [2.45, 2.75) is 31.4 Å². The summed E-state index contributed by atoms with van der Waals surface area (Å²) in [6, 6.07) is 6.83. The van der Waals surface area contributed by atoms with E-state index in [1.165, 1.54) is 31.4 Å². The van der Waals surface area contributed by atoms with Crippen molar-refractivity contribution in [2.75, 3.05) is 31.6 Å². The first-order valence-corrected chi connectivity index (χ1v) is 7.55. The maximum absolute atomic E-state index is 13.1. The van der Waals surface area contributed by atoms with Crippen LogP contribution >= 0.6 is 0 Å². The van der Waals surface area contributed by atoms with Crippen LogP contribution in [0.2, 0.25) is 0 Å². The monoisotopic (exact) mass is 289 g/mol. The van der Waals surface area contributed by atoms with Gasteiger partial charge >= 0.3 is 0 Å². The lowest BCUT2D eigenvalue weighted by Gasteiger charge is -2.42. The van der Waals surface area contributed by atoms with Gasteiger partial charge in [-0.3, -0.25) is 4.90 Å². The van der Waals surface area contributed by atoms with Gasteiger partial charge in [0.15, 0.2) is 0 Å². The molecule has 0 spiro atoms. The number of hydrogen-bond donors (Lipinski definition) is 1. The molecule has 5 heteroatoms. The Morgan fingerprint density at radius 1 is 1.43 bits per heavy atom. The van der Waals surface area contributed by atoms with E-state index < -0.39 is 0 Å². The second kappa shape index (κ2) is 6.42. The Balaban J connectivity index is 1.57. The molecule has 0 unspecified atom stereocenters. The van der Waals surface area contributed by atoms with Crippen molar-refractivity contribution >= 4 is 5.69 Å². The molecule has 1 N–H and O–H groups in total. The van der Waals surface area contributed by atoms with E-state index in [2.05, 4.69) is 10.2 Å². The third kappa shape index (κ3) is 3.34. The van der Waals surface area contributed by atoms with Gasteiger partial charge in [0.1, 0.15) is 11.9 Å². The molecular weight excluding hydrogens is 269 g/mol. The predicted molar refractivity (Wildman–Crippen MR) is 78.6 cm³/mol. The number of halogens is 1. The lowest BCUT2D eigenvalue weighted by molar-refractivity contribution is -0.0688. The quantitative estimate of drug-likeness (QED) is 0.928. The molecule has 0 aliphatic carbocycles. The molecule has 4 nitrogen and oxygen atoms in total. The van der Waals surface area contributed by atoms with Gasteiger partial charge in [0.2, 0.25) is 0 Å². The molecule has 1 aromatic carbocycles. The van der Waals surface area contributed by atoms with E-state index in [1.54, 1.807) is 6.07 Å². The van der Waals surface area contributed by atoms with Crippen molar-refractivity contribution in [1.82, 2.24) is 4.90 Å². The molecule has 0 saturated carbocycles. The van der Waals surface area contributed by atoms with Gasteiger partial charge in [0.25, 0.3) is 0 Å². The minimum Gasteiger partial charge on any atom is -0.381 e. The van der Waals surface area contributed by atoms with Crippen LogP contribution in [0.1, 0.15) is 24.8 Å². The van der Waals surface area contributed by atoms with Gasteiger partial charge in [-0.15, -0.1) is 0 Å². The average Bonchev–Trinajstić information content (AvgIpc) is 2.53. The van der Waals surface area contributed by atoms with Gasteiger partial charge in [0.05, 0.1) is 24.0 Å². The van der Waals surface area contributed by atoms with Crippen molar-refractivity contribution in [1.29, 1.82) is 5.26 Å². The van der Waals surface area contributed by atoms with Gasteiger partial charge in [-0.1, -0.05) is 6.42 Å². The molecular formula is C16H20FN3O. The van der Waals surface area contributed by atoms with E-state index in [0.717, 1.165) is 19.7 Å². The maximum atomic E-state index is 13.1. The van der Waals surface area contributed by atoms with E-state index >= 15 is 0 Å². The summed E-state index contributed by atoms with van der Waals surface area (Å²) in [6.45, 7) is 3.52. The third-order valence-electron chi connectivity index (χ3n) is 4.33. The maximum Gasteiger partial charge on any atom is 0.124 e. The smallest absolute Gasteiger partial charge is 0.124 e. The van der Waals surface area contributed by atoms with Crippen LogP contribution in [0.4, 0.5) is 10.1 Å². The second-order valence-electron chi connectivity index (χ2n) is 5.78. The number of rotatable bonds is 3. The lowest BCUT2D eigenvalue weighted by atomic mass is 10.0. The van der Waals surface area contributed by atoms with E-state index in [9.17, 15) is 4.39 Å². The number of ether oxygens (including phenoxy) is 1. The Morgan fingerprint density at radius 3 is 3.19 bits per heavy atom. The summed E-state index contributed by atoms with van der Waals surface area (Å²) in [7, 11) is 0. The summed E-state index contributed by atoms with van der Waals surface area (Å²) < 4.78 is 19.0. The number of piperidine rings is 1. The molecule has 2 heterocycles. The Bertz CT molecular complexity index is 543. The summed E-state index contributed by atoms with van der Waals surface area (Å²) in [5.41, 5.74) is 1.00. The van der Waals surface area contributed by atoms with Crippen LogP contribution < -0.4 is 5.32 Å². The highest BCUT2D eigenvalue weighted by Crippen LogP contribution is 2.23. The van der Waals surface area contributed by atoms with E-state index in [4.69, 9.17) is 10.00 Å². The zero-order valence-electron chi connectivity index (χ0n) is 12.0. The molecule has 0 bridgehead atoms. The summed E-state index contributed by atoms with van der Waals surface area (Å²) >= 11 is 0. The highest BCUT2D eigenvalue weighted by atomic mass is 19.1. The number of nitrogens with zero attached hydrogens (tertiary/aromatic N) is 2. The summed E-state index contributed by atoms with van der Waals surface area (Å²) in [4.78, 5) is 2.51. The van der Waals surface area contributed by atoms with Crippen LogP contribution in [0.15, 0.2) is 18.2 Å². The molecule has 112 valence electrons. The number of anilines is 1. The summed E-state index contributed by atoms with van der Waals surface area (Å²) in [5, 5.41) is 12.3. The highest BCUT2D eigenvalue weighted by Gasteiger charge is 2.30. The molecule has 21 heavy (non-hydrogen) atoms. The van der Waals surface area contributed by atoms with Crippen LogP contribution in [-0.2, 0) is 4.74 Å². The predicted octanol–water partition coefficient (Wildman–Crippen LogP) is 2.36. The standard InChI is InChI=1S/C16H20FN3O/c17-13-4-5-16(12(7-13)8-18)19-9-15-10-20-6-2-1-3-14(20)11-21-15/h4-5,7,14-15,19H,1-3,6,9-11H2/t14-,15-/m1/s1. The molecule has 0 radical (unpaired) electrons. The third-order valence-corrected chi connectivity index (χ3v) is 4.33. The fourth-order valence-electron chi connectivity index (χ4n) is 3.16. The van der Waals surface area contributed by atoms with E-state index in [0.29, 0.717) is 23.8 Å². The largest absolute Gasteiger partial charge is 0.381 e. The molecule has 2 aliphatic rings. The first kappa shape index (κ1) is 14.3. The number of nitriles is 1. The normalized spacial score (nSPS) is 25.9. The molecule has 2 saturated heterocycles. The van der Waals surface area contributed by atoms with Crippen molar-refractivity contribution in [2.24, 2.45) is 0 Å². The van der Waals surface area contributed by atoms with Crippen molar-refractivity contribution in [3.8, 4) is 6.07 Å². The van der Waals surface area contributed by atoms with Crippen LogP contribution in [0.3, 0.4) is 0 Å². The molecule has 0 aromatic heterocycles. The molecule has 0 amide bonds. The molecule has 1 aromatic rings. The first-order chi connectivity index (χ1) is 10.3. The number of hydrogen-bond acceptors (Lipinski definition) is 4. The van der Waals surface area contributed by atoms with Crippen molar-refractivity contribution < 1.29 is 9.13 Å². The van der Waals surface area contributed by atoms with E-state index in [-0.39, 0.29) is 11.9 Å². The summed E-state index contributed by atoms with van der Waals surface area (Å²) in [6.07, 6.45) is 3.93. The Kier molecular flexibility index (Phi) is 4.37. The van der Waals surface area contributed by atoms with Gasteiger partial charge in [-0.25, -0.2) is 4.39 Å². The Morgan fingerprint density at radius 2 is 2.33 bits per heavy atom. The topological polar surface area (TPSA) is 48.3 Å². The minimum absolute atomic E-state index is 0.121. The second-order valence-corrected chi connectivity index (χ2v) is 5.78. The van der Waals surface area contributed by atoms with Gasteiger partial charge < -0.3 is 10.1 Å². The minimum atomic E-state index is -0.387. The summed E-state index contributed by atoms with van der Waals surface area (Å²) in [5.74, 6) is -0.387. The van der Waals surface area contributed by atoms with Crippen LogP contribution in [0.25, 0.3) is 0 Å². The zero-order valence-corrected chi connectivity index (χ0v) is 12.0. The van der Waals surface area contributed by atoms with Crippen molar-refractivity contribution in [3.05, 3.63) is 29.6 Å². The Labute approximate surface area is 124 Å². The van der Waals surface area contributed by atoms with Gasteiger partial charge in [-0.2, -0.15) is 5.26 Å². The van der Waals surface area contributed by atoms with Crippen molar-refractivity contribution in [3.63, 3.8) is 0 Å². The number of benzene rings is 1. The van der Waals surface area contributed by atoms with E-state index in [1.807, 2.05) is 6.07 Å². The van der Waals surface area contributed by atoms with Gasteiger partial charge in [-0.05, 0) is 37.6 Å². The lowest BCUT2D eigenvalue weighted by Crippen LogP contribution is -2.53. The highest BCUT2D eigenvalue weighted by molar-refractivity contribution is 5.57. The Hall–Kier alpha value is -1.64. The fourth-order valence-corrected chi connectivity index (χ4v) is 3.16. The van der Waals surface area contributed by atoms with Crippen LogP contribution in [-0.4, -0.2) is 43.3 Å². The van der Waals surface area contributed by atoms with Crippen LogP contribution in [0, 0.1) is 17.1 Å². The zero-order chi connectivity index (χ0) is 14.7. The molecule has 2 atom stereocenters. The van der Waals surface area contributed by atoms with Crippen LogP contribution in [0.5, 0.6) is 0 Å². The average molecular weight is 289 g/mol. The van der Waals surface area contributed by atoms with Gasteiger partial charge in [0, 0.05) is 19.1 Å². The molecule has 2 aliphatic heterocycles. The number of morpholine rings is 1. The fraction of sp³-hybridized carbons (Fsp3) is 0.562. The first-order valence-electron chi connectivity index (χ1n) is 7.55. The number of fused-ring (bicyclic) bond motifs is 1. The SMILES string of the molecule is N#Cc1cc(F)ccc1NC[C@@H]1CN2CCCC[C@@H]2CO1. The molecule has 2 fully saturated rings. The number of nitrogens with one attached hydrogen (secondary N) is 1.